The molecule has 1 aromatic carbocycles. The first-order chi connectivity index (χ1) is 23.0. The maximum absolute atomic E-state index is 16.7. The molecule has 0 unspecified atom stereocenters. The number of rotatable bonds is 11. The van der Waals surface area contributed by atoms with Crippen LogP contribution in [0, 0.1) is 28.4 Å². The molecule has 0 amide bonds. The average molecular weight is 681 g/mol. The summed E-state index contributed by atoms with van der Waals surface area (Å²) >= 11 is 0.967. The van der Waals surface area contributed by atoms with Crippen LogP contribution < -0.4 is 10.1 Å². The van der Waals surface area contributed by atoms with Crippen molar-refractivity contribution in [3.8, 4) is 23.3 Å². The van der Waals surface area contributed by atoms with E-state index in [4.69, 9.17) is 4.74 Å². The first-order valence-electron chi connectivity index (χ1n) is 16.1. The number of ether oxygens (including phenoxy) is 1. The number of hydrogen-bond donors (Lipinski definition) is 1. The fourth-order valence-electron chi connectivity index (χ4n) is 6.87. The Morgan fingerprint density at radius 1 is 1.12 bits per heavy atom. The number of likely N-dealkylation sites (N-methyl/N-ethyl adjacent to an activating group) is 1. The molecule has 9 nitrogen and oxygen atoms in total. The van der Waals surface area contributed by atoms with E-state index in [1.807, 2.05) is 14.1 Å². The van der Waals surface area contributed by atoms with E-state index in [9.17, 15) is 18.4 Å². The Balaban J connectivity index is 1.25. The van der Waals surface area contributed by atoms with Crippen molar-refractivity contribution in [2.24, 2.45) is 10.4 Å². The molecule has 2 saturated carbocycles. The van der Waals surface area contributed by atoms with Crippen LogP contribution in [-0.2, 0) is 0 Å². The number of nitriles is 1. The van der Waals surface area contributed by atoms with E-state index < -0.39 is 17.6 Å². The summed E-state index contributed by atoms with van der Waals surface area (Å²) in [7, 11) is 4.08. The molecule has 7 rings (SSSR count). The summed E-state index contributed by atoms with van der Waals surface area (Å²) in [6.45, 7) is 5.64. The molecule has 4 aromatic rings. The number of thiophene rings is 1. The van der Waals surface area contributed by atoms with Crippen LogP contribution in [-0.4, -0.2) is 89.8 Å². The largest absolute Gasteiger partial charge is 0.463 e. The number of aliphatic imine (C=N–C) groups is 1. The Morgan fingerprint density at radius 3 is 2.50 bits per heavy atom. The van der Waals surface area contributed by atoms with Crippen LogP contribution >= 0.6 is 11.3 Å². The molecule has 1 aliphatic heterocycles. The first kappa shape index (κ1) is 32.6. The fourth-order valence-corrected chi connectivity index (χ4v) is 7.85. The van der Waals surface area contributed by atoms with E-state index in [2.05, 4.69) is 47.8 Å². The molecule has 0 atom stereocenters. The highest BCUT2D eigenvalue weighted by atomic mass is 32.1. The second kappa shape index (κ2) is 12.2. The number of fused-ring (bicyclic) bond motifs is 2. The van der Waals surface area contributed by atoms with Crippen LogP contribution in [0.2, 0.25) is 0 Å². The maximum Gasteiger partial charge on any atom is 0.319 e. The number of piperidine rings is 1. The quantitative estimate of drug-likeness (QED) is 0.131. The molecule has 0 radical (unpaired) electrons. The van der Waals surface area contributed by atoms with Gasteiger partial charge in [0.25, 0.3) is 5.92 Å². The lowest BCUT2D eigenvalue weighted by atomic mass is 9.75. The number of halogens is 4. The van der Waals surface area contributed by atoms with Crippen molar-refractivity contribution >= 4 is 49.9 Å². The maximum atomic E-state index is 16.7. The van der Waals surface area contributed by atoms with Gasteiger partial charge < -0.3 is 19.9 Å². The number of benzene rings is 1. The standard InChI is InChI=1S/C34H36F4N8OS/c1-40-30-21(15-39)24-20(5-6-23(35)28(24)48-30)26-25(36)27-22(16-41-26)29(42-17-33(45(2)3)7-4-8-33)44-31(43-27)47-19-32(9-10-32)18-46-13-11-34(37,38)12-14-46/h5-6,16H,1,4,7-14,17-19H2,2-3H3,(H,42,43,44). The van der Waals surface area contributed by atoms with Gasteiger partial charge in [-0.2, -0.15) is 15.2 Å². The van der Waals surface area contributed by atoms with E-state index in [0.717, 1.165) is 43.4 Å². The van der Waals surface area contributed by atoms with Gasteiger partial charge >= 0.3 is 6.01 Å². The number of pyridine rings is 1. The van der Waals surface area contributed by atoms with E-state index in [1.54, 1.807) is 0 Å². The normalized spacial score (nSPS) is 19.6. The third-order valence-corrected chi connectivity index (χ3v) is 11.5. The number of aromatic nitrogens is 3. The molecule has 14 heteroatoms. The zero-order valence-corrected chi connectivity index (χ0v) is 27.7. The van der Waals surface area contributed by atoms with E-state index in [0.29, 0.717) is 37.4 Å². The molecular formula is C34H36F4N8OS. The summed E-state index contributed by atoms with van der Waals surface area (Å²) in [5, 5.41) is 14.1. The third kappa shape index (κ3) is 5.86. The monoisotopic (exact) mass is 680 g/mol. The van der Waals surface area contributed by atoms with Gasteiger partial charge in [-0.1, -0.05) is 0 Å². The molecular weight excluding hydrogens is 644 g/mol. The van der Waals surface area contributed by atoms with E-state index in [1.165, 1.54) is 18.3 Å². The van der Waals surface area contributed by atoms with Crippen LogP contribution in [0.15, 0.2) is 23.3 Å². The van der Waals surface area contributed by atoms with Gasteiger partial charge in [-0.25, -0.2) is 17.6 Å². The number of nitrogens with one attached hydrogen (secondary N) is 1. The summed E-state index contributed by atoms with van der Waals surface area (Å²) in [5.74, 6) is -3.56. The van der Waals surface area contributed by atoms with Gasteiger partial charge in [-0.15, -0.1) is 11.3 Å². The van der Waals surface area contributed by atoms with Crippen molar-refractivity contribution in [2.45, 2.75) is 56.4 Å². The SMILES string of the molecule is C=Nc1sc2c(F)ccc(-c3ncc4c(NCC5(N(C)C)CCC5)nc(OCC5(CN6CCC(F)(F)CC6)CC5)nc4c3F)c2c1C#N. The summed E-state index contributed by atoms with van der Waals surface area (Å²) in [6.07, 6.45) is 6.08. The van der Waals surface area contributed by atoms with Crippen molar-refractivity contribution in [3.05, 3.63) is 35.5 Å². The molecule has 0 spiro atoms. The van der Waals surface area contributed by atoms with Crippen molar-refractivity contribution in [2.75, 3.05) is 52.2 Å². The summed E-state index contributed by atoms with van der Waals surface area (Å²) in [6, 6.07) is 4.66. The molecule has 1 saturated heterocycles. The summed E-state index contributed by atoms with van der Waals surface area (Å²) < 4.78 is 65.4. The highest BCUT2D eigenvalue weighted by Crippen LogP contribution is 2.48. The number of likely N-dealkylation sites (tertiary alicyclic amines) is 1. The molecule has 4 heterocycles. The highest BCUT2D eigenvalue weighted by Gasteiger charge is 2.47. The van der Waals surface area contributed by atoms with Gasteiger partial charge in [-0.3, -0.25) is 9.98 Å². The van der Waals surface area contributed by atoms with Crippen molar-refractivity contribution in [3.63, 3.8) is 0 Å². The van der Waals surface area contributed by atoms with Crippen molar-refractivity contribution in [1.29, 1.82) is 5.26 Å². The van der Waals surface area contributed by atoms with Crippen LogP contribution in [0.25, 0.3) is 32.2 Å². The smallest absolute Gasteiger partial charge is 0.319 e. The second-order valence-corrected chi connectivity index (χ2v) is 14.6. The number of anilines is 1. The van der Waals surface area contributed by atoms with E-state index in [-0.39, 0.29) is 73.8 Å². The molecule has 3 aliphatic rings. The lowest BCUT2D eigenvalue weighted by molar-refractivity contribution is -0.0591. The molecule has 252 valence electrons. The van der Waals surface area contributed by atoms with Gasteiger partial charge in [0.1, 0.15) is 33.9 Å². The van der Waals surface area contributed by atoms with Gasteiger partial charge in [-0.05, 0) is 65.0 Å². The molecule has 2 aliphatic carbocycles. The van der Waals surface area contributed by atoms with Crippen LogP contribution in [0.5, 0.6) is 6.01 Å². The minimum Gasteiger partial charge on any atom is -0.463 e. The highest BCUT2D eigenvalue weighted by molar-refractivity contribution is 7.23. The van der Waals surface area contributed by atoms with Gasteiger partial charge in [0.2, 0.25) is 0 Å². The number of nitrogens with zero attached hydrogens (tertiary/aromatic N) is 7. The van der Waals surface area contributed by atoms with Crippen LogP contribution in [0.4, 0.5) is 28.4 Å². The molecule has 3 fully saturated rings. The Morgan fingerprint density at radius 2 is 1.88 bits per heavy atom. The predicted octanol–water partition coefficient (Wildman–Crippen LogP) is 7.17. The lowest BCUT2D eigenvalue weighted by Crippen LogP contribution is -2.54. The van der Waals surface area contributed by atoms with Gasteiger partial charge in [0, 0.05) is 67.1 Å². The molecule has 48 heavy (non-hydrogen) atoms. The number of hydrogen-bond acceptors (Lipinski definition) is 10. The summed E-state index contributed by atoms with van der Waals surface area (Å²) in [5.41, 5.74) is -0.0825. The Kier molecular flexibility index (Phi) is 8.28. The van der Waals surface area contributed by atoms with Gasteiger partial charge in [0.05, 0.1) is 22.3 Å². The average Bonchev–Trinajstić information content (AvgIpc) is 3.70. The predicted molar refractivity (Wildman–Crippen MR) is 179 cm³/mol. The minimum atomic E-state index is -2.61. The molecule has 3 aromatic heterocycles. The van der Waals surface area contributed by atoms with Gasteiger partial charge in [0.15, 0.2) is 5.82 Å². The topological polar surface area (TPSA) is 103 Å². The zero-order chi connectivity index (χ0) is 33.8. The third-order valence-electron chi connectivity index (χ3n) is 10.4. The Hall–Kier alpha value is -3.93. The van der Waals surface area contributed by atoms with Crippen LogP contribution in [0.1, 0.15) is 50.5 Å². The van der Waals surface area contributed by atoms with Crippen LogP contribution in [0.3, 0.4) is 0 Å². The van der Waals surface area contributed by atoms with Crippen molar-refractivity contribution < 1.29 is 22.3 Å². The fraction of sp³-hybridized carbons (Fsp3) is 0.500. The Labute approximate surface area is 279 Å². The molecule has 0 bridgehead atoms. The first-order valence-corrected chi connectivity index (χ1v) is 16.9. The van der Waals surface area contributed by atoms with E-state index >= 15 is 4.39 Å². The minimum absolute atomic E-state index is 0.0133. The molecule has 1 N–H and O–H groups in total. The zero-order valence-electron chi connectivity index (χ0n) is 26.9. The lowest BCUT2D eigenvalue weighted by Gasteiger charge is -2.47. The Bertz CT molecular complexity index is 1940. The number of alkyl halides is 2. The van der Waals surface area contributed by atoms with Crippen molar-refractivity contribution in [1.82, 2.24) is 24.8 Å². The second-order valence-electron chi connectivity index (χ2n) is 13.6. The summed E-state index contributed by atoms with van der Waals surface area (Å²) in [4.78, 5) is 21.8.